The van der Waals surface area contributed by atoms with Gasteiger partial charge in [0.05, 0.1) is 12.4 Å². The van der Waals surface area contributed by atoms with Crippen molar-refractivity contribution >= 4 is 7.32 Å². The second-order valence-corrected chi connectivity index (χ2v) is 2.36. The maximum absolute atomic E-state index is 9.25. The first kappa shape index (κ1) is 8.63. The Morgan fingerprint density at radius 1 is 1.00 bits per heavy atom. The van der Waals surface area contributed by atoms with Crippen molar-refractivity contribution in [3.05, 3.63) is 37.4 Å². The summed E-state index contributed by atoms with van der Waals surface area (Å²) >= 11 is 0. The Morgan fingerprint density at radius 2 is 1.50 bits per heavy atom. The largest absolute Gasteiger partial charge is 0.826 e. The van der Waals surface area contributed by atoms with Crippen LogP contribution in [0.2, 0.25) is 0 Å². The Labute approximate surface area is 79.6 Å². The van der Waals surface area contributed by atoms with Crippen LogP contribution in [0.5, 0.6) is 0 Å². The van der Waals surface area contributed by atoms with E-state index >= 15 is 0 Å². The first-order chi connectivity index (χ1) is 6.84. The highest BCUT2D eigenvalue weighted by molar-refractivity contribution is 6.35. The van der Waals surface area contributed by atoms with Gasteiger partial charge in [-0.05, 0) is 0 Å². The van der Waals surface area contributed by atoms with Crippen molar-refractivity contribution in [3.63, 3.8) is 0 Å². The van der Waals surface area contributed by atoms with E-state index in [0.29, 0.717) is 0 Å². The summed E-state index contributed by atoms with van der Waals surface area (Å²) in [5.74, 6) is 0. The van der Waals surface area contributed by atoms with Gasteiger partial charge in [-0.1, -0.05) is 0 Å². The van der Waals surface area contributed by atoms with Gasteiger partial charge in [-0.15, -0.1) is 0 Å². The van der Waals surface area contributed by atoms with E-state index in [4.69, 9.17) is 9.51 Å². The molecule has 7 nitrogen and oxygen atoms in total. The van der Waals surface area contributed by atoms with Crippen molar-refractivity contribution in [2.45, 2.75) is 0 Å². The molecule has 2 aromatic heterocycles. The molecule has 0 aromatic carbocycles. The second-order valence-electron chi connectivity index (χ2n) is 2.36. The van der Waals surface area contributed by atoms with Gasteiger partial charge in [-0.25, -0.2) is 9.97 Å². The second kappa shape index (κ2) is 3.84. The fourth-order valence-electron chi connectivity index (χ4n) is 0.846. The molecule has 2 aromatic rings. The van der Waals surface area contributed by atoms with Crippen molar-refractivity contribution in [1.29, 1.82) is 0 Å². The van der Waals surface area contributed by atoms with E-state index in [9.17, 15) is 5.02 Å². The van der Waals surface area contributed by atoms with Crippen molar-refractivity contribution in [3.8, 4) is 0 Å². The summed E-state index contributed by atoms with van der Waals surface area (Å²) in [6.07, 6.45) is 8.87. The van der Waals surface area contributed by atoms with Crippen molar-refractivity contribution in [1.82, 2.24) is 19.4 Å². The highest BCUT2D eigenvalue weighted by Crippen LogP contribution is 1.85. The van der Waals surface area contributed by atoms with Crippen LogP contribution < -0.4 is 9.51 Å². The maximum atomic E-state index is 9.25. The summed E-state index contributed by atoms with van der Waals surface area (Å²) < 4.78 is 12.2. The molecule has 0 bridgehead atoms. The lowest BCUT2D eigenvalue weighted by atomic mass is 10.3. The molecule has 1 N–H and O–H groups in total. The quantitative estimate of drug-likeness (QED) is 0.606. The minimum atomic E-state index is -1.42. The average molecular weight is 194 g/mol. The molecular weight excluding hydrogens is 187 g/mol. The third kappa shape index (κ3) is 2.05. The van der Waals surface area contributed by atoms with Crippen LogP contribution in [0.1, 0.15) is 0 Å². The zero-order chi connectivity index (χ0) is 9.80. The molecule has 0 fully saturated rings. The van der Waals surface area contributed by atoms with Crippen LogP contribution in [0, 0.1) is 0 Å². The molecule has 0 saturated carbocycles. The van der Waals surface area contributed by atoms with Crippen molar-refractivity contribution in [2.75, 3.05) is 0 Å². The topological polar surface area (TPSA) is 74.3 Å². The Morgan fingerprint density at radius 3 is 1.86 bits per heavy atom. The lowest BCUT2D eigenvalue weighted by Gasteiger charge is -2.09. The summed E-state index contributed by atoms with van der Waals surface area (Å²) in [6, 6.07) is 0. The number of rotatable bonds is 4. The highest BCUT2D eigenvalue weighted by atomic mass is 16.8. The van der Waals surface area contributed by atoms with E-state index < -0.39 is 7.32 Å². The van der Waals surface area contributed by atoms with Gasteiger partial charge in [0.1, 0.15) is 12.7 Å². The minimum absolute atomic E-state index is 1.22. The maximum Gasteiger partial charge on any atom is 0.826 e. The molecule has 0 spiro atoms. The Balaban J connectivity index is 1.88. The van der Waals surface area contributed by atoms with Gasteiger partial charge in [-0.3, -0.25) is 0 Å². The molecule has 0 unspecified atom stereocenters. The molecule has 2 heterocycles. The molecule has 14 heavy (non-hydrogen) atoms. The standard InChI is InChI=1S/C6H7BN4O3/c12-7(13-10-3-1-8-5-10)14-11-4-2-9-6-11/h1-6,12H. The summed E-state index contributed by atoms with van der Waals surface area (Å²) in [4.78, 5) is 7.45. The molecule has 0 aliphatic carbocycles. The summed E-state index contributed by atoms with van der Waals surface area (Å²) in [5.41, 5.74) is 0. The smallest absolute Gasteiger partial charge is 0.408 e. The van der Waals surface area contributed by atoms with Crippen LogP contribution in [-0.4, -0.2) is 31.8 Å². The van der Waals surface area contributed by atoms with Crippen LogP contribution in [0.4, 0.5) is 0 Å². The summed E-state index contributed by atoms with van der Waals surface area (Å²) in [7, 11) is -1.42. The SMILES string of the molecule is OB(On1ccnc1)On1ccnc1. The zero-order valence-corrected chi connectivity index (χ0v) is 7.09. The highest BCUT2D eigenvalue weighted by Gasteiger charge is 2.22. The van der Waals surface area contributed by atoms with Gasteiger partial charge in [0.25, 0.3) is 0 Å². The number of hydrogen-bond acceptors (Lipinski definition) is 5. The molecule has 0 radical (unpaired) electrons. The Hall–Kier alpha value is -1.96. The molecule has 0 atom stereocenters. The Kier molecular flexibility index (Phi) is 2.37. The molecule has 0 aliphatic heterocycles. The third-order valence-corrected chi connectivity index (χ3v) is 1.38. The van der Waals surface area contributed by atoms with E-state index in [1.807, 2.05) is 0 Å². The predicted octanol–water partition coefficient (Wildman–Crippen LogP) is -1.39. The van der Waals surface area contributed by atoms with Crippen LogP contribution in [0.15, 0.2) is 37.4 Å². The molecule has 0 aliphatic rings. The van der Waals surface area contributed by atoms with E-state index in [1.165, 1.54) is 46.9 Å². The Bertz CT molecular complexity index is 326. The first-order valence-corrected chi connectivity index (χ1v) is 3.83. The number of hydrogen-bond donors (Lipinski definition) is 1. The van der Waals surface area contributed by atoms with E-state index in [1.54, 1.807) is 0 Å². The number of imidazole rings is 2. The monoisotopic (exact) mass is 194 g/mol. The molecule has 2 rings (SSSR count). The number of nitrogens with zero attached hydrogens (tertiary/aromatic N) is 4. The van der Waals surface area contributed by atoms with Crippen LogP contribution in [-0.2, 0) is 0 Å². The predicted molar refractivity (Wildman–Crippen MR) is 45.6 cm³/mol. The van der Waals surface area contributed by atoms with Gasteiger partial charge >= 0.3 is 7.32 Å². The zero-order valence-electron chi connectivity index (χ0n) is 7.09. The normalized spacial score (nSPS) is 9.79. The minimum Gasteiger partial charge on any atom is -0.408 e. The average Bonchev–Trinajstić information content (AvgIpc) is 2.76. The lowest BCUT2D eigenvalue weighted by Crippen LogP contribution is -2.39. The molecule has 8 heteroatoms. The van der Waals surface area contributed by atoms with Crippen LogP contribution in [0.25, 0.3) is 0 Å². The fourth-order valence-corrected chi connectivity index (χ4v) is 0.846. The molecular formula is C6H7BN4O3. The van der Waals surface area contributed by atoms with Gasteiger partial charge in [0.15, 0.2) is 0 Å². The summed E-state index contributed by atoms with van der Waals surface area (Å²) in [6.45, 7) is 0. The molecule has 72 valence electrons. The van der Waals surface area contributed by atoms with E-state index in [2.05, 4.69) is 9.97 Å². The third-order valence-electron chi connectivity index (χ3n) is 1.38. The summed E-state index contributed by atoms with van der Waals surface area (Å²) in [5, 5.41) is 9.25. The lowest BCUT2D eigenvalue weighted by molar-refractivity contribution is 0.109. The van der Waals surface area contributed by atoms with E-state index in [0.717, 1.165) is 0 Å². The molecule has 0 amide bonds. The molecule has 0 saturated heterocycles. The van der Waals surface area contributed by atoms with Gasteiger partial charge < -0.3 is 14.5 Å². The van der Waals surface area contributed by atoms with Crippen molar-refractivity contribution in [2.24, 2.45) is 0 Å². The first-order valence-electron chi connectivity index (χ1n) is 3.83. The van der Waals surface area contributed by atoms with Crippen LogP contribution >= 0.6 is 0 Å². The van der Waals surface area contributed by atoms with Gasteiger partial charge in [0.2, 0.25) is 0 Å². The van der Waals surface area contributed by atoms with Gasteiger partial charge in [-0.2, -0.15) is 9.46 Å². The fraction of sp³-hybridized carbons (Fsp3) is 0. The number of aromatic nitrogens is 4. The van der Waals surface area contributed by atoms with Crippen molar-refractivity contribution < 1.29 is 14.5 Å². The van der Waals surface area contributed by atoms with E-state index in [-0.39, 0.29) is 0 Å². The van der Waals surface area contributed by atoms with Crippen LogP contribution in [0.3, 0.4) is 0 Å². The van der Waals surface area contributed by atoms with Gasteiger partial charge in [0, 0.05) is 12.4 Å².